The summed E-state index contributed by atoms with van der Waals surface area (Å²) in [6.07, 6.45) is 3.93. The van der Waals surface area contributed by atoms with Crippen molar-refractivity contribution >= 4 is 10.0 Å². The van der Waals surface area contributed by atoms with Crippen LogP contribution in [-0.2, 0) is 23.1 Å². The molecule has 1 aliphatic rings. The second kappa shape index (κ2) is 6.50. The van der Waals surface area contributed by atoms with E-state index in [4.69, 9.17) is 5.11 Å². The lowest BCUT2D eigenvalue weighted by Crippen LogP contribution is -2.33. The van der Waals surface area contributed by atoms with Gasteiger partial charge in [-0.25, -0.2) is 13.1 Å². The molecule has 0 aliphatic heterocycles. The lowest BCUT2D eigenvalue weighted by Gasteiger charge is -2.24. The van der Waals surface area contributed by atoms with Crippen LogP contribution in [0.5, 0.6) is 0 Å². The Balaban J connectivity index is 1.75. The SMILES string of the molecule is O=S(=O)(CC1CCC1)NCCc1ccc(CO)cc1. The van der Waals surface area contributed by atoms with Crippen LogP contribution in [0.15, 0.2) is 24.3 Å². The molecule has 1 saturated carbocycles. The highest BCUT2D eigenvalue weighted by Crippen LogP contribution is 2.27. The predicted molar refractivity (Wildman–Crippen MR) is 75.2 cm³/mol. The van der Waals surface area contributed by atoms with Gasteiger partial charge in [-0.3, -0.25) is 0 Å². The fraction of sp³-hybridized carbons (Fsp3) is 0.571. The molecule has 2 N–H and O–H groups in total. The standard InChI is InChI=1S/C14H21NO3S/c16-10-13-6-4-12(5-7-13)8-9-15-19(17,18)11-14-2-1-3-14/h4-7,14-16H,1-3,8-11H2. The average molecular weight is 283 g/mol. The maximum Gasteiger partial charge on any atom is 0.211 e. The molecule has 2 rings (SSSR count). The molecule has 0 heterocycles. The Hall–Kier alpha value is -0.910. The third kappa shape index (κ3) is 4.60. The van der Waals surface area contributed by atoms with Crippen molar-refractivity contribution in [2.75, 3.05) is 12.3 Å². The number of hydrogen-bond acceptors (Lipinski definition) is 3. The van der Waals surface area contributed by atoms with Crippen LogP contribution in [0.2, 0.25) is 0 Å². The van der Waals surface area contributed by atoms with E-state index in [0.29, 0.717) is 18.9 Å². The molecule has 0 bridgehead atoms. The molecule has 4 nitrogen and oxygen atoms in total. The first kappa shape index (κ1) is 14.5. The highest BCUT2D eigenvalue weighted by Gasteiger charge is 2.23. The van der Waals surface area contributed by atoms with E-state index in [1.807, 2.05) is 24.3 Å². The third-order valence-corrected chi connectivity index (χ3v) is 5.18. The van der Waals surface area contributed by atoms with Crippen LogP contribution in [0.1, 0.15) is 30.4 Å². The van der Waals surface area contributed by atoms with E-state index >= 15 is 0 Å². The Labute approximate surface area is 114 Å². The van der Waals surface area contributed by atoms with Crippen LogP contribution in [0.4, 0.5) is 0 Å². The quantitative estimate of drug-likeness (QED) is 0.796. The molecular formula is C14H21NO3S. The van der Waals surface area contributed by atoms with Gasteiger partial charge in [-0.1, -0.05) is 30.7 Å². The van der Waals surface area contributed by atoms with E-state index in [1.165, 1.54) is 0 Å². The van der Waals surface area contributed by atoms with E-state index < -0.39 is 10.0 Å². The molecule has 19 heavy (non-hydrogen) atoms. The summed E-state index contributed by atoms with van der Waals surface area (Å²) in [6.45, 7) is 0.474. The van der Waals surface area contributed by atoms with E-state index in [0.717, 1.165) is 30.4 Å². The van der Waals surface area contributed by atoms with Gasteiger partial charge in [0.1, 0.15) is 0 Å². The summed E-state index contributed by atoms with van der Waals surface area (Å²) in [5.41, 5.74) is 1.94. The molecule has 0 unspecified atom stereocenters. The molecule has 0 amide bonds. The number of benzene rings is 1. The normalized spacial score (nSPS) is 16.3. The van der Waals surface area contributed by atoms with Crippen LogP contribution < -0.4 is 4.72 Å². The zero-order valence-electron chi connectivity index (χ0n) is 11.0. The second-order valence-corrected chi connectivity index (χ2v) is 7.05. The van der Waals surface area contributed by atoms with Gasteiger partial charge in [-0.2, -0.15) is 0 Å². The summed E-state index contributed by atoms with van der Waals surface area (Å²) in [5.74, 6) is 0.637. The van der Waals surface area contributed by atoms with Gasteiger partial charge in [0, 0.05) is 6.54 Å². The topological polar surface area (TPSA) is 66.4 Å². The predicted octanol–water partition coefficient (Wildman–Crippen LogP) is 1.44. The lowest BCUT2D eigenvalue weighted by atomic mass is 9.87. The van der Waals surface area contributed by atoms with Gasteiger partial charge >= 0.3 is 0 Å². The van der Waals surface area contributed by atoms with Crippen LogP contribution in [0.25, 0.3) is 0 Å². The fourth-order valence-electron chi connectivity index (χ4n) is 2.19. The molecular weight excluding hydrogens is 262 g/mol. The molecule has 1 aromatic rings. The van der Waals surface area contributed by atoms with Gasteiger partial charge in [0.15, 0.2) is 0 Å². The zero-order valence-corrected chi connectivity index (χ0v) is 11.8. The van der Waals surface area contributed by atoms with Crippen LogP contribution in [-0.4, -0.2) is 25.8 Å². The monoisotopic (exact) mass is 283 g/mol. The van der Waals surface area contributed by atoms with Crippen molar-refractivity contribution in [1.82, 2.24) is 4.72 Å². The summed E-state index contributed by atoms with van der Waals surface area (Å²) in [4.78, 5) is 0. The molecule has 0 atom stereocenters. The Kier molecular flexibility index (Phi) is 4.96. The minimum absolute atomic E-state index is 0.0360. The first-order chi connectivity index (χ1) is 9.09. The fourth-order valence-corrected chi connectivity index (χ4v) is 3.68. The number of aliphatic hydroxyl groups is 1. The van der Waals surface area contributed by atoms with Gasteiger partial charge in [-0.05, 0) is 36.3 Å². The number of rotatable bonds is 7. The lowest BCUT2D eigenvalue weighted by molar-refractivity contribution is 0.282. The van der Waals surface area contributed by atoms with Crippen molar-refractivity contribution in [1.29, 1.82) is 0 Å². The molecule has 0 radical (unpaired) electrons. The number of aliphatic hydroxyl groups excluding tert-OH is 1. The Morgan fingerprint density at radius 1 is 1.16 bits per heavy atom. The summed E-state index contributed by atoms with van der Waals surface area (Å²) < 4.78 is 26.2. The van der Waals surface area contributed by atoms with Gasteiger partial charge in [0.2, 0.25) is 10.0 Å². The molecule has 1 fully saturated rings. The first-order valence-corrected chi connectivity index (χ1v) is 8.40. The Bertz CT molecular complexity index is 492. The van der Waals surface area contributed by atoms with Gasteiger partial charge in [-0.15, -0.1) is 0 Å². The van der Waals surface area contributed by atoms with Crippen LogP contribution in [0, 0.1) is 5.92 Å². The minimum atomic E-state index is -3.11. The first-order valence-electron chi connectivity index (χ1n) is 6.75. The van der Waals surface area contributed by atoms with E-state index in [2.05, 4.69) is 4.72 Å². The van der Waals surface area contributed by atoms with Crippen molar-refractivity contribution in [2.45, 2.75) is 32.3 Å². The largest absolute Gasteiger partial charge is 0.392 e. The molecule has 106 valence electrons. The van der Waals surface area contributed by atoms with Gasteiger partial charge in [0.25, 0.3) is 0 Å². The summed E-state index contributed by atoms with van der Waals surface area (Å²) in [6, 6.07) is 7.56. The van der Waals surface area contributed by atoms with Crippen molar-refractivity contribution < 1.29 is 13.5 Å². The summed E-state index contributed by atoms with van der Waals surface area (Å²) >= 11 is 0. The van der Waals surface area contributed by atoms with Gasteiger partial charge < -0.3 is 5.11 Å². The van der Waals surface area contributed by atoms with Crippen molar-refractivity contribution in [3.05, 3.63) is 35.4 Å². The van der Waals surface area contributed by atoms with Crippen molar-refractivity contribution in [3.63, 3.8) is 0 Å². The van der Waals surface area contributed by atoms with E-state index in [-0.39, 0.29) is 12.4 Å². The highest BCUT2D eigenvalue weighted by atomic mass is 32.2. The Morgan fingerprint density at radius 3 is 2.32 bits per heavy atom. The zero-order chi connectivity index (χ0) is 13.7. The number of sulfonamides is 1. The van der Waals surface area contributed by atoms with E-state index in [9.17, 15) is 8.42 Å². The second-order valence-electron chi connectivity index (χ2n) is 5.20. The smallest absolute Gasteiger partial charge is 0.211 e. The van der Waals surface area contributed by atoms with Crippen molar-refractivity contribution in [3.8, 4) is 0 Å². The van der Waals surface area contributed by atoms with E-state index in [1.54, 1.807) is 0 Å². The van der Waals surface area contributed by atoms with Crippen molar-refractivity contribution in [2.24, 2.45) is 5.92 Å². The molecule has 1 aromatic carbocycles. The molecule has 0 saturated heterocycles. The molecule has 1 aliphatic carbocycles. The van der Waals surface area contributed by atoms with Gasteiger partial charge in [0.05, 0.1) is 12.4 Å². The maximum atomic E-state index is 11.8. The summed E-state index contributed by atoms with van der Waals surface area (Å²) in [7, 11) is -3.11. The summed E-state index contributed by atoms with van der Waals surface area (Å²) in [5, 5.41) is 8.93. The molecule has 0 spiro atoms. The minimum Gasteiger partial charge on any atom is -0.392 e. The average Bonchev–Trinajstić information content (AvgIpc) is 2.35. The highest BCUT2D eigenvalue weighted by molar-refractivity contribution is 7.89. The maximum absolute atomic E-state index is 11.8. The number of nitrogens with one attached hydrogen (secondary N) is 1. The van der Waals surface area contributed by atoms with Crippen LogP contribution in [0.3, 0.4) is 0 Å². The molecule has 0 aromatic heterocycles. The Morgan fingerprint density at radius 2 is 1.79 bits per heavy atom. The molecule has 5 heteroatoms. The van der Waals surface area contributed by atoms with Crippen LogP contribution >= 0.6 is 0 Å². The number of hydrogen-bond donors (Lipinski definition) is 2. The third-order valence-electron chi connectivity index (χ3n) is 3.62.